The van der Waals surface area contributed by atoms with Gasteiger partial charge in [0.25, 0.3) is 11.8 Å². The summed E-state index contributed by atoms with van der Waals surface area (Å²) in [6, 6.07) is 18.4. The molecule has 7 nitrogen and oxygen atoms in total. The van der Waals surface area contributed by atoms with Crippen molar-refractivity contribution in [3.63, 3.8) is 0 Å². The van der Waals surface area contributed by atoms with Crippen LogP contribution >= 0.6 is 23.2 Å². The minimum absolute atomic E-state index is 0.158. The Morgan fingerprint density at radius 2 is 1.72 bits per heavy atom. The monoisotopic (exact) mass is 566 g/mol. The maximum Gasteiger partial charge on any atom is 0.262 e. The van der Waals surface area contributed by atoms with Gasteiger partial charge >= 0.3 is 0 Å². The molecule has 2 atom stereocenters. The number of fused-ring (bicyclic) bond motifs is 3. The van der Waals surface area contributed by atoms with E-state index in [1.54, 1.807) is 25.3 Å². The molecule has 0 saturated heterocycles. The topological polar surface area (TPSA) is 84.7 Å². The van der Waals surface area contributed by atoms with Crippen LogP contribution in [0.2, 0.25) is 10.0 Å². The van der Waals surface area contributed by atoms with Gasteiger partial charge in [0.2, 0.25) is 0 Å². The summed E-state index contributed by atoms with van der Waals surface area (Å²) in [5.74, 6) is -0.361. The Bertz CT molecular complexity index is 1530. The Kier molecular flexibility index (Phi) is 9.15. The highest BCUT2D eigenvalue weighted by Crippen LogP contribution is 2.30. The van der Waals surface area contributed by atoms with Crippen LogP contribution in [-0.4, -0.2) is 34.7 Å². The third kappa shape index (κ3) is 6.72. The van der Waals surface area contributed by atoms with E-state index in [1.807, 2.05) is 32.0 Å². The summed E-state index contributed by atoms with van der Waals surface area (Å²) in [6.45, 7) is 8.54. The van der Waals surface area contributed by atoms with Crippen LogP contribution in [-0.2, 0) is 16.1 Å². The number of hydrogen-bond donors (Lipinski definition) is 2. The number of benzene rings is 3. The number of halogens is 2. The normalized spacial score (nSPS) is 13.2. The number of carbonyl (C=O) groups is 2. The average molecular weight is 568 g/mol. The summed E-state index contributed by atoms with van der Waals surface area (Å²) >= 11 is 12.1. The number of para-hydroxylation sites is 1. The van der Waals surface area contributed by atoms with Crippen LogP contribution in [0, 0.1) is 5.92 Å². The van der Waals surface area contributed by atoms with Gasteiger partial charge in [0, 0.05) is 33.4 Å². The summed E-state index contributed by atoms with van der Waals surface area (Å²) in [6.07, 6.45) is 1.16. The van der Waals surface area contributed by atoms with E-state index >= 15 is 0 Å². The molecule has 0 aliphatic carbocycles. The molecule has 0 spiro atoms. The van der Waals surface area contributed by atoms with Crippen LogP contribution < -0.4 is 15.5 Å². The van der Waals surface area contributed by atoms with Crippen molar-refractivity contribution in [2.45, 2.75) is 52.8 Å². The molecule has 3 aromatic carbocycles. The number of hydrogen-bond acceptors (Lipinski definition) is 4. The van der Waals surface area contributed by atoms with Crippen LogP contribution in [0.15, 0.2) is 65.8 Å². The first-order valence-corrected chi connectivity index (χ1v) is 13.7. The molecule has 2 N–H and O–H groups in total. The fraction of sp³-hybridized carbons (Fsp3) is 0.300. The largest absolute Gasteiger partial charge is 0.479 e. The third-order valence-corrected chi connectivity index (χ3v) is 6.94. The van der Waals surface area contributed by atoms with E-state index in [0.29, 0.717) is 22.2 Å². The van der Waals surface area contributed by atoms with Gasteiger partial charge in [-0.25, -0.2) is 5.43 Å². The molecule has 1 aromatic heterocycles. The molecular weight excluding hydrogens is 535 g/mol. The number of nitrogens with one attached hydrogen (secondary N) is 2. The second-order valence-corrected chi connectivity index (χ2v) is 10.6. The van der Waals surface area contributed by atoms with E-state index in [9.17, 15) is 9.59 Å². The summed E-state index contributed by atoms with van der Waals surface area (Å²) in [7, 11) is 0. The highest BCUT2D eigenvalue weighted by atomic mass is 35.5. The van der Waals surface area contributed by atoms with Crippen LogP contribution in [0.3, 0.4) is 0 Å². The molecular formula is C30H32Cl2N4O3. The number of aryl methyl sites for hydroxylation is 1. The van der Waals surface area contributed by atoms with E-state index in [2.05, 4.69) is 51.6 Å². The lowest BCUT2D eigenvalue weighted by Crippen LogP contribution is -2.49. The summed E-state index contributed by atoms with van der Waals surface area (Å²) in [5.41, 5.74) is 5.77. The van der Waals surface area contributed by atoms with Crippen molar-refractivity contribution in [1.82, 2.24) is 15.3 Å². The molecule has 0 unspecified atom stereocenters. The summed E-state index contributed by atoms with van der Waals surface area (Å²) in [4.78, 5) is 25.8. The lowest BCUT2D eigenvalue weighted by molar-refractivity contribution is -0.132. The highest BCUT2D eigenvalue weighted by molar-refractivity contribution is 6.35. The van der Waals surface area contributed by atoms with E-state index in [1.165, 1.54) is 17.0 Å². The van der Waals surface area contributed by atoms with Crippen molar-refractivity contribution in [2.24, 2.45) is 11.0 Å². The van der Waals surface area contributed by atoms with E-state index < -0.39 is 24.0 Å². The Balaban J connectivity index is 1.44. The third-order valence-electron chi connectivity index (χ3n) is 6.41. The van der Waals surface area contributed by atoms with Gasteiger partial charge in [-0.15, -0.1) is 0 Å². The Hall–Kier alpha value is -3.55. The number of rotatable bonds is 10. The van der Waals surface area contributed by atoms with Crippen molar-refractivity contribution in [2.75, 3.05) is 0 Å². The maximum absolute atomic E-state index is 13.0. The van der Waals surface area contributed by atoms with E-state index in [4.69, 9.17) is 27.9 Å². The first kappa shape index (κ1) is 28.5. The van der Waals surface area contributed by atoms with Gasteiger partial charge in [0.05, 0.1) is 11.2 Å². The van der Waals surface area contributed by atoms with Gasteiger partial charge in [-0.3, -0.25) is 9.59 Å². The lowest BCUT2D eigenvalue weighted by Gasteiger charge is -2.22. The molecule has 2 amide bonds. The van der Waals surface area contributed by atoms with Crippen molar-refractivity contribution in [1.29, 1.82) is 0 Å². The molecule has 0 saturated carbocycles. The predicted octanol–water partition coefficient (Wildman–Crippen LogP) is 6.57. The fourth-order valence-corrected chi connectivity index (χ4v) is 5.00. The molecule has 0 fully saturated rings. The van der Waals surface area contributed by atoms with E-state index in [0.717, 1.165) is 23.0 Å². The first-order valence-electron chi connectivity index (χ1n) is 12.9. The number of amides is 2. The molecule has 4 aromatic rings. The Morgan fingerprint density at radius 3 is 2.44 bits per heavy atom. The Labute approximate surface area is 238 Å². The number of nitrogens with zero attached hydrogens (tertiary/aromatic N) is 2. The SMILES string of the molecule is CCn1c2ccccc2c2cc(/C=N\NC(=O)[C@H](CC(C)C)NC(=O)[C@H](C)Oc3ccc(Cl)cc3Cl)ccc21. The number of aromatic nitrogens is 1. The smallest absolute Gasteiger partial charge is 0.262 e. The van der Waals surface area contributed by atoms with Gasteiger partial charge < -0.3 is 14.6 Å². The van der Waals surface area contributed by atoms with Crippen molar-refractivity contribution >= 4 is 63.0 Å². The number of carbonyl (C=O) groups excluding carboxylic acids is 2. The summed E-state index contributed by atoms with van der Waals surface area (Å²) in [5, 5.41) is 10.0. The standard InChI is InChI=1S/C30H32Cl2N4O3/c1-5-36-26-9-7-6-8-22(26)23-15-20(10-12-27(23)36)17-33-35-30(38)25(14-18(2)3)34-29(37)19(4)39-28-13-11-21(31)16-24(28)32/h6-13,15-19,25H,5,14H2,1-4H3,(H,34,37)(H,35,38)/b33-17-/t19-,25-/m0/s1. The zero-order valence-corrected chi connectivity index (χ0v) is 23.9. The molecule has 0 aliphatic heterocycles. The van der Waals surface area contributed by atoms with Gasteiger partial charge in [0.15, 0.2) is 6.10 Å². The second-order valence-electron chi connectivity index (χ2n) is 9.80. The number of hydrazone groups is 1. The molecule has 0 radical (unpaired) electrons. The molecule has 39 heavy (non-hydrogen) atoms. The second kappa shape index (κ2) is 12.5. The zero-order chi connectivity index (χ0) is 28.1. The van der Waals surface area contributed by atoms with Gasteiger partial charge in [-0.05, 0) is 68.1 Å². The molecule has 0 bridgehead atoms. The Morgan fingerprint density at radius 1 is 0.974 bits per heavy atom. The van der Waals surface area contributed by atoms with Crippen LogP contribution in [0.4, 0.5) is 0 Å². The molecule has 0 aliphatic rings. The van der Waals surface area contributed by atoms with Gasteiger partial charge in [-0.1, -0.05) is 61.3 Å². The fourth-order valence-electron chi connectivity index (χ4n) is 4.55. The van der Waals surface area contributed by atoms with Gasteiger partial charge in [0.1, 0.15) is 11.8 Å². The van der Waals surface area contributed by atoms with Gasteiger partial charge in [-0.2, -0.15) is 5.10 Å². The average Bonchev–Trinajstić information content (AvgIpc) is 3.22. The van der Waals surface area contributed by atoms with Crippen molar-refractivity contribution < 1.29 is 14.3 Å². The lowest BCUT2D eigenvalue weighted by atomic mass is 10.0. The minimum atomic E-state index is -0.883. The zero-order valence-electron chi connectivity index (χ0n) is 22.4. The van der Waals surface area contributed by atoms with E-state index in [-0.39, 0.29) is 5.92 Å². The minimum Gasteiger partial charge on any atom is -0.479 e. The molecule has 4 rings (SSSR count). The first-order chi connectivity index (χ1) is 18.7. The number of ether oxygens (including phenoxy) is 1. The molecule has 204 valence electrons. The summed E-state index contributed by atoms with van der Waals surface area (Å²) < 4.78 is 7.97. The van der Waals surface area contributed by atoms with Crippen LogP contribution in [0.1, 0.15) is 39.7 Å². The molecule has 1 heterocycles. The molecule has 9 heteroatoms. The highest BCUT2D eigenvalue weighted by Gasteiger charge is 2.25. The maximum atomic E-state index is 13.0. The van der Waals surface area contributed by atoms with Crippen molar-refractivity contribution in [3.05, 3.63) is 76.3 Å². The van der Waals surface area contributed by atoms with Crippen LogP contribution in [0.25, 0.3) is 21.8 Å². The predicted molar refractivity (Wildman–Crippen MR) is 159 cm³/mol. The van der Waals surface area contributed by atoms with Crippen molar-refractivity contribution in [3.8, 4) is 5.75 Å². The quantitative estimate of drug-likeness (QED) is 0.168. The van der Waals surface area contributed by atoms with Crippen LogP contribution in [0.5, 0.6) is 5.75 Å².